The molecular weight excluding hydrogens is 232 g/mol. The molecule has 0 heterocycles. The van der Waals surface area contributed by atoms with Gasteiger partial charge in [0.25, 0.3) is 0 Å². The van der Waals surface area contributed by atoms with E-state index in [1.165, 1.54) is 44.1 Å². The van der Waals surface area contributed by atoms with Crippen molar-refractivity contribution in [3.8, 4) is 5.75 Å². The Labute approximate surface area is 114 Å². The summed E-state index contributed by atoms with van der Waals surface area (Å²) in [7, 11) is 0. The Morgan fingerprint density at radius 2 is 1.58 bits per heavy atom. The Hall–Kier alpha value is -1.50. The number of hydrogen-bond acceptors (Lipinski definition) is 1. The summed E-state index contributed by atoms with van der Waals surface area (Å²) >= 11 is 0. The van der Waals surface area contributed by atoms with Crippen LogP contribution < -0.4 is 0 Å². The Bertz CT molecular complexity index is 607. The van der Waals surface area contributed by atoms with Gasteiger partial charge in [-0.15, -0.1) is 0 Å². The van der Waals surface area contributed by atoms with E-state index in [2.05, 4.69) is 18.2 Å². The third-order valence-corrected chi connectivity index (χ3v) is 5.57. The Morgan fingerprint density at radius 1 is 0.895 bits per heavy atom. The molecule has 0 aliphatic heterocycles. The molecule has 1 heteroatoms. The van der Waals surface area contributed by atoms with Gasteiger partial charge in [-0.05, 0) is 55.2 Å². The Balaban J connectivity index is 1.89. The molecule has 2 bridgehead atoms. The topological polar surface area (TPSA) is 20.2 Å². The average molecular weight is 252 g/mol. The minimum atomic E-state index is 0.267. The Morgan fingerprint density at radius 3 is 2.32 bits per heavy atom. The molecule has 0 atom stereocenters. The van der Waals surface area contributed by atoms with Gasteiger partial charge in [-0.3, -0.25) is 0 Å². The van der Waals surface area contributed by atoms with Crippen molar-refractivity contribution in [2.24, 2.45) is 5.92 Å². The van der Waals surface area contributed by atoms with Gasteiger partial charge < -0.3 is 5.11 Å². The summed E-state index contributed by atoms with van der Waals surface area (Å²) < 4.78 is 0. The molecule has 5 rings (SSSR count). The number of hydrogen-bond donors (Lipinski definition) is 1. The fourth-order valence-electron chi connectivity index (χ4n) is 4.34. The fourth-order valence-corrected chi connectivity index (χ4v) is 4.34. The normalized spacial score (nSPS) is 29.8. The van der Waals surface area contributed by atoms with Crippen molar-refractivity contribution in [1.82, 2.24) is 0 Å². The minimum Gasteiger partial charge on any atom is -0.507 e. The van der Waals surface area contributed by atoms with Crippen LogP contribution in [0, 0.1) is 5.92 Å². The highest BCUT2D eigenvalue weighted by atomic mass is 16.3. The highest BCUT2D eigenvalue weighted by Gasteiger charge is 2.42. The van der Waals surface area contributed by atoms with Gasteiger partial charge in [0.15, 0.2) is 0 Å². The second-order valence-electron chi connectivity index (χ2n) is 6.45. The SMILES string of the molecule is Oc1c(C23CCC(CC2)CC3)ccc2ccccc12. The first-order valence-corrected chi connectivity index (χ1v) is 7.50. The van der Waals surface area contributed by atoms with E-state index in [-0.39, 0.29) is 5.41 Å². The van der Waals surface area contributed by atoms with Crippen LogP contribution in [0.4, 0.5) is 0 Å². The van der Waals surface area contributed by atoms with Crippen LogP contribution in [-0.2, 0) is 5.41 Å². The van der Waals surface area contributed by atoms with Crippen LogP contribution in [-0.4, -0.2) is 5.11 Å². The molecule has 3 fully saturated rings. The predicted molar refractivity (Wildman–Crippen MR) is 78.5 cm³/mol. The van der Waals surface area contributed by atoms with E-state index >= 15 is 0 Å². The zero-order valence-corrected chi connectivity index (χ0v) is 11.2. The van der Waals surface area contributed by atoms with E-state index in [0.717, 1.165) is 16.7 Å². The van der Waals surface area contributed by atoms with Crippen molar-refractivity contribution >= 4 is 10.8 Å². The summed E-state index contributed by atoms with van der Waals surface area (Å²) in [5, 5.41) is 12.9. The lowest BCUT2D eigenvalue weighted by atomic mass is 9.58. The molecule has 0 saturated heterocycles. The third kappa shape index (κ3) is 1.60. The van der Waals surface area contributed by atoms with Gasteiger partial charge in [-0.1, -0.05) is 36.4 Å². The zero-order chi connectivity index (χ0) is 12.9. The first kappa shape index (κ1) is 11.3. The van der Waals surface area contributed by atoms with Crippen molar-refractivity contribution in [3.05, 3.63) is 42.0 Å². The van der Waals surface area contributed by atoms with Gasteiger partial charge in [-0.25, -0.2) is 0 Å². The lowest BCUT2D eigenvalue weighted by Gasteiger charge is -2.47. The van der Waals surface area contributed by atoms with E-state index < -0.39 is 0 Å². The van der Waals surface area contributed by atoms with Gasteiger partial charge in [0.2, 0.25) is 0 Å². The maximum atomic E-state index is 10.7. The molecule has 0 radical (unpaired) electrons. The van der Waals surface area contributed by atoms with Crippen LogP contribution >= 0.6 is 0 Å². The molecule has 3 aliphatic carbocycles. The number of phenolic OH excluding ortho intramolecular Hbond substituents is 1. The van der Waals surface area contributed by atoms with Gasteiger partial charge in [-0.2, -0.15) is 0 Å². The van der Waals surface area contributed by atoms with E-state index in [1.807, 2.05) is 18.2 Å². The minimum absolute atomic E-state index is 0.267. The second-order valence-corrected chi connectivity index (χ2v) is 6.45. The van der Waals surface area contributed by atoms with Crippen LogP contribution in [0.1, 0.15) is 44.1 Å². The molecule has 0 aromatic heterocycles. The molecule has 2 aromatic carbocycles. The van der Waals surface area contributed by atoms with Crippen molar-refractivity contribution in [2.75, 3.05) is 0 Å². The van der Waals surface area contributed by atoms with Crippen LogP contribution in [0.3, 0.4) is 0 Å². The number of rotatable bonds is 1. The Kier molecular flexibility index (Phi) is 2.38. The molecule has 1 N–H and O–H groups in total. The summed E-state index contributed by atoms with van der Waals surface area (Å²) in [4.78, 5) is 0. The molecule has 0 unspecified atom stereocenters. The largest absolute Gasteiger partial charge is 0.507 e. The average Bonchev–Trinajstić information content (AvgIpc) is 2.49. The highest BCUT2D eigenvalue weighted by Crippen LogP contribution is 2.54. The molecule has 1 nitrogen and oxygen atoms in total. The molecule has 98 valence electrons. The monoisotopic (exact) mass is 252 g/mol. The lowest BCUT2D eigenvalue weighted by molar-refractivity contribution is 0.133. The molecule has 19 heavy (non-hydrogen) atoms. The number of aromatic hydroxyl groups is 1. The van der Waals surface area contributed by atoms with Crippen LogP contribution in [0.25, 0.3) is 10.8 Å². The molecule has 0 spiro atoms. The molecular formula is C18H20O. The highest BCUT2D eigenvalue weighted by molar-refractivity contribution is 5.89. The van der Waals surface area contributed by atoms with Crippen molar-refractivity contribution in [2.45, 2.75) is 43.9 Å². The maximum absolute atomic E-state index is 10.7. The van der Waals surface area contributed by atoms with Crippen LogP contribution in [0.15, 0.2) is 36.4 Å². The van der Waals surface area contributed by atoms with E-state index in [4.69, 9.17) is 0 Å². The van der Waals surface area contributed by atoms with E-state index in [1.54, 1.807) is 0 Å². The first-order chi connectivity index (χ1) is 9.28. The summed E-state index contributed by atoms with van der Waals surface area (Å²) in [6, 6.07) is 12.5. The molecule has 3 saturated carbocycles. The quantitative estimate of drug-likeness (QED) is 0.775. The summed E-state index contributed by atoms with van der Waals surface area (Å²) in [6.45, 7) is 0. The first-order valence-electron chi connectivity index (χ1n) is 7.50. The number of phenols is 1. The third-order valence-electron chi connectivity index (χ3n) is 5.57. The van der Waals surface area contributed by atoms with Gasteiger partial charge in [0.05, 0.1) is 0 Å². The summed E-state index contributed by atoms with van der Waals surface area (Å²) in [5.74, 6) is 1.50. The standard InChI is InChI=1S/C18H20O/c19-17-15-4-2-1-3-14(15)5-6-16(17)18-10-7-13(8-11-18)9-12-18/h1-6,13,19H,7-12H2. The number of benzene rings is 2. The molecule has 3 aliphatic rings. The molecule has 2 aromatic rings. The van der Waals surface area contributed by atoms with Gasteiger partial charge >= 0.3 is 0 Å². The van der Waals surface area contributed by atoms with E-state index in [0.29, 0.717) is 5.75 Å². The smallest absolute Gasteiger partial charge is 0.127 e. The van der Waals surface area contributed by atoms with Gasteiger partial charge in [0, 0.05) is 10.9 Å². The van der Waals surface area contributed by atoms with E-state index in [9.17, 15) is 5.11 Å². The lowest BCUT2D eigenvalue weighted by Crippen LogP contribution is -2.37. The van der Waals surface area contributed by atoms with Crippen LogP contribution in [0.2, 0.25) is 0 Å². The zero-order valence-electron chi connectivity index (χ0n) is 11.2. The summed E-state index contributed by atoms with van der Waals surface area (Å²) in [5.41, 5.74) is 1.48. The van der Waals surface area contributed by atoms with Crippen LogP contribution in [0.5, 0.6) is 5.75 Å². The number of fused-ring (bicyclic) bond motifs is 4. The van der Waals surface area contributed by atoms with Crippen molar-refractivity contribution in [3.63, 3.8) is 0 Å². The summed E-state index contributed by atoms with van der Waals surface area (Å²) in [6.07, 6.45) is 7.86. The predicted octanol–water partition coefficient (Wildman–Crippen LogP) is 4.77. The maximum Gasteiger partial charge on any atom is 0.127 e. The second kappa shape index (κ2) is 4.00. The van der Waals surface area contributed by atoms with Gasteiger partial charge in [0.1, 0.15) is 5.75 Å². The van der Waals surface area contributed by atoms with Crippen molar-refractivity contribution in [1.29, 1.82) is 0 Å². The fraction of sp³-hybridized carbons (Fsp3) is 0.444. The molecule has 0 amide bonds. The van der Waals surface area contributed by atoms with Crippen molar-refractivity contribution < 1.29 is 5.11 Å².